The van der Waals surface area contributed by atoms with Gasteiger partial charge in [-0.3, -0.25) is 4.90 Å². The summed E-state index contributed by atoms with van der Waals surface area (Å²) in [6.07, 6.45) is 1.09. The van der Waals surface area contributed by atoms with Gasteiger partial charge in [0, 0.05) is 32.7 Å². The molecule has 0 radical (unpaired) electrons. The molecule has 0 aliphatic carbocycles. The van der Waals surface area contributed by atoms with Crippen molar-refractivity contribution < 1.29 is 9.53 Å². The lowest BCUT2D eigenvalue weighted by Gasteiger charge is -2.45. The Labute approximate surface area is 139 Å². The maximum Gasteiger partial charge on any atom is 0.410 e. The zero-order chi connectivity index (χ0) is 16.4. The molecular formula is C19H28N2O2. The second kappa shape index (κ2) is 6.52. The number of carbonyl (C=O) groups excluding carboxylic acids is 1. The van der Waals surface area contributed by atoms with Gasteiger partial charge in [0.05, 0.1) is 0 Å². The number of ether oxygens (including phenoxy) is 1. The minimum absolute atomic E-state index is 0.149. The zero-order valence-corrected chi connectivity index (χ0v) is 14.5. The summed E-state index contributed by atoms with van der Waals surface area (Å²) in [7, 11) is 0. The highest BCUT2D eigenvalue weighted by Crippen LogP contribution is 2.30. The zero-order valence-electron chi connectivity index (χ0n) is 14.5. The Morgan fingerprint density at radius 1 is 1.09 bits per heavy atom. The molecule has 0 N–H and O–H groups in total. The van der Waals surface area contributed by atoms with Gasteiger partial charge in [0.1, 0.15) is 5.60 Å². The van der Waals surface area contributed by atoms with Crippen molar-refractivity contribution in [2.45, 2.75) is 39.3 Å². The molecule has 4 heteroatoms. The first-order chi connectivity index (χ1) is 10.9. The van der Waals surface area contributed by atoms with Crippen molar-refractivity contribution in [3.05, 3.63) is 35.9 Å². The minimum atomic E-state index is -0.414. The van der Waals surface area contributed by atoms with Gasteiger partial charge < -0.3 is 9.64 Å². The molecule has 2 bridgehead atoms. The van der Waals surface area contributed by atoms with Crippen LogP contribution < -0.4 is 0 Å². The van der Waals surface area contributed by atoms with E-state index in [9.17, 15) is 4.79 Å². The van der Waals surface area contributed by atoms with Crippen LogP contribution in [0.15, 0.2) is 30.3 Å². The third kappa shape index (κ3) is 4.47. The molecule has 1 amide bonds. The van der Waals surface area contributed by atoms with E-state index < -0.39 is 5.60 Å². The molecule has 0 unspecified atom stereocenters. The van der Waals surface area contributed by atoms with Crippen LogP contribution in [0.1, 0.15) is 32.8 Å². The van der Waals surface area contributed by atoms with Gasteiger partial charge in [-0.05, 0) is 44.6 Å². The first-order valence-corrected chi connectivity index (χ1v) is 8.63. The van der Waals surface area contributed by atoms with Crippen molar-refractivity contribution in [2.75, 3.05) is 26.2 Å². The summed E-state index contributed by atoms with van der Waals surface area (Å²) < 4.78 is 5.54. The van der Waals surface area contributed by atoms with Crippen molar-refractivity contribution in [1.82, 2.24) is 9.80 Å². The Kier molecular flexibility index (Phi) is 4.62. The summed E-state index contributed by atoms with van der Waals surface area (Å²) in [4.78, 5) is 16.8. The quantitative estimate of drug-likeness (QED) is 0.838. The van der Waals surface area contributed by atoms with Gasteiger partial charge in [0.2, 0.25) is 0 Å². The van der Waals surface area contributed by atoms with Crippen molar-refractivity contribution in [2.24, 2.45) is 11.8 Å². The number of nitrogens with zero attached hydrogens (tertiary/aromatic N) is 2. The van der Waals surface area contributed by atoms with E-state index >= 15 is 0 Å². The van der Waals surface area contributed by atoms with Gasteiger partial charge >= 0.3 is 6.09 Å². The average molecular weight is 316 g/mol. The van der Waals surface area contributed by atoms with Crippen molar-refractivity contribution >= 4 is 6.09 Å². The Morgan fingerprint density at radius 3 is 2.26 bits per heavy atom. The fourth-order valence-corrected chi connectivity index (χ4v) is 3.83. The summed E-state index contributed by atoms with van der Waals surface area (Å²) in [6.45, 7) is 10.6. The van der Waals surface area contributed by atoms with Crippen LogP contribution in [0.5, 0.6) is 0 Å². The number of fused-ring (bicyclic) bond motifs is 2. The number of amides is 1. The molecular weight excluding hydrogens is 288 g/mol. The molecule has 2 aliphatic heterocycles. The highest BCUT2D eigenvalue weighted by Gasteiger charge is 2.37. The number of rotatable bonds is 2. The average Bonchev–Trinajstić information content (AvgIpc) is 2.45. The monoisotopic (exact) mass is 316 g/mol. The molecule has 1 aromatic rings. The van der Waals surface area contributed by atoms with E-state index in [0.29, 0.717) is 11.8 Å². The summed E-state index contributed by atoms with van der Waals surface area (Å²) in [5.74, 6) is 1.14. The van der Waals surface area contributed by atoms with Gasteiger partial charge in [0.15, 0.2) is 0 Å². The molecule has 1 aromatic carbocycles. The van der Waals surface area contributed by atoms with Crippen LogP contribution in [0.2, 0.25) is 0 Å². The Bertz CT molecular complexity index is 524. The second-order valence-electron chi connectivity index (χ2n) is 8.03. The summed E-state index contributed by atoms with van der Waals surface area (Å²) >= 11 is 0. The van der Waals surface area contributed by atoms with Crippen LogP contribution in [-0.4, -0.2) is 47.7 Å². The number of hydrogen-bond acceptors (Lipinski definition) is 3. The number of hydrogen-bond donors (Lipinski definition) is 0. The van der Waals surface area contributed by atoms with E-state index in [1.54, 1.807) is 0 Å². The van der Waals surface area contributed by atoms with Crippen LogP contribution in [0.25, 0.3) is 0 Å². The lowest BCUT2D eigenvalue weighted by atomic mass is 9.84. The van der Waals surface area contributed by atoms with Crippen molar-refractivity contribution in [1.29, 1.82) is 0 Å². The van der Waals surface area contributed by atoms with Gasteiger partial charge in [0.25, 0.3) is 0 Å². The van der Waals surface area contributed by atoms with E-state index in [-0.39, 0.29) is 6.09 Å². The Balaban J connectivity index is 1.57. The van der Waals surface area contributed by atoms with Gasteiger partial charge in [-0.15, -0.1) is 0 Å². The first-order valence-electron chi connectivity index (χ1n) is 8.63. The van der Waals surface area contributed by atoms with Gasteiger partial charge in [-0.1, -0.05) is 30.3 Å². The summed E-state index contributed by atoms with van der Waals surface area (Å²) in [5, 5.41) is 0. The topological polar surface area (TPSA) is 32.8 Å². The highest BCUT2D eigenvalue weighted by molar-refractivity contribution is 5.68. The molecule has 3 rings (SSSR count). The summed E-state index contributed by atoms with van der Waals surface area (Å²) in [5.41, 5.74) is 0.958. The normalized spacial score (nSPS) is 25.3. The Morgan fingerprint density at radius 2 is 1.70 bits per heavy atom. The maximum absolute atomic E-state index is 12.3. The standard InChI is InChI=1S/C19H28N2O2/c1-19(2,3)23-18(22)21-13-16-9-17(14-21)12-20(11-16)10-15-7-5-4-6-8-15/h4-8,16-17H,9-14H2,1-3H3/t16-,17-/m0/s1. The molecule has 0 aromatic heterocycles. The smallest absolute Gasteiger partial charge is 0.410 e. The van der Waals surface area contributed by atoms with Crippen LogP contribution in [-0.2, 0) is 11.3 Å². The number of carbonyl (C=O) groups is 1. The minimum Gasteiger partial charge on any atom is -0.444 e. The maximum atomic E-state index is 12.3. The van der Waals surface area contributed by atoms with Crippen LogP contribution in [0, 0.1) is 11.8 Å². The molecule has 2 aliphatic rings. The molecule has 2 heterocycles. The molecule has 0 saturated carbocycles. The molecule has 126 valence electrons. The van der Waals surface area contributed by atoms with Crippen LogP contribution in [0.4, 0.5) is 4.79 Å². The molecule has 2 saturated heterocycles. The fraction of sp³-hybridized carbons (Fsp3) is 0.632. The molecule has 2 fully saturated rings. The SMILES string of the molecule is CC(C)(C)OC(=O)N1C[C@H]2C[C@@H](CN(Cc3ccccc3)C2)C1. The van der Waals surface area contributed by atoms with Crippen LogP contribution in [0.3, 0.4) is 0 Å². The highest BCUT2D eigenvalue weighted by atomic mass is 16.6. The number of benzene rings is 1. The van der Waals surface area contributed by atoms with Crippen LogP contribution >= 0.6 is 0 Å². The molecule has 0 spiro atoms. The lowest BCUT2D eigenvalue weighted by molar-refractivity contribution is -0.0108. The number of likely N-dealkylation sites (tertiary alicyclic amines) is 2. The lowest BCUT2D eigenvalue weighted by Crippen LogP contribution is -2.54. The third-order valence-corrected chi connectivity index (χ3v) is 4.56. The van der Waals surface area contributed by atoms with E-state index in [1.807, 2.05) is 25.7 Å². The Hall–Kier alpha value is -1.55. The largest absolute Gasteiger partial charge is 0.444 e. The third-order valence-electron chi connectivity index (χ3n) is 4.56. The van der Waals surface area contributed by atoms with Gasteiger partial charge in [-0.2, -0.15) is 0 Å². The predicted molar refractivity (Wildman–Crippen MR) is 91.1 cm³/mol. The van der Waals surface area contributed by atoms with E-state index in [0.717, 1.165) is 32.7 Å². The fourth-order valence-electron chi connectivity index (χ4n) is 3.83. The van der Waals surface area contributed by atoms with Crippen molar-refractivity contribution in [3.8, 4) is 0 Å². The predicted octanol–water partition coefficient (Wildman–Crippen LogP) is 3.38. The van der Waals surface area contributed by atoms with Gasteiger partial charge in [-0.25, -0.2) is 4.79 Å². The number of piperidine rings is 2. The second-order valence-corrected chi connectivity index (χ2v) is 8.03. The first kappa shape index (κ1) is 16.3. The molecule has 2 atom stereocenters. The van der Waals surface area contributed by atoms with E-state index in [2.05, 4.69) is 35.2 Å². The van der Waals surface area contributed by atoms with E-state index in [1.165, 1.54) is 12.0 Å². The van der Waals surface area contributed by atoms with E-state index in [4.69, 9.17) is 4.74 Å². The molecule has 23 heavy (non-hydrogen) atoms. The van der Waals surface area contributed by atoms with Crippen molar-refractivity contribution in [3.63, 3.8) is 0 Å². The molecule has 4 nitrogen and oxygen atoms in total. The summed E-state index contributed by atoms with van der Waals surface area (Å²) in [6, 6.07) is 10.6.